The topological polar surface area (TPSA) is 76.2 Å². The molecule has 1 aromatic heterocycles. The Balaban J connectivity index is 1.75. The third-order valence-corrected chi connectivity index (χ3v) is 5.22. The minimum absolute atomic E-state index is 0.119. The highest BCUT2D eigenvalue weighted by atomic mass is 32.2. The average Bonchev–Trinajstić information content (AvgIpc) is 2.91. The molecule has 1 aromatic rings. The molecule has 21 heavy (non-hydrogen) atoms. The van der Waals surface area contributed by atoms with E-state index in [9.17, 15) is 4.79 Å². The first-order valence-electron chi connectivity index (χ1n) is 7.44. The lowest BCUT2D eigenvalue weighted by atomic mass is 9.89. The summed E-state index contributed by atoms with van der Waals surface area (Å²) < 4.78 is 11.7. The minimum Gasteiger partial charge on any atom is -0.347 e. The molecule has 2 unspecified atom stereocenters. The van der Waals surface area contributed by atoms with Crippen LogP contribution < -0.4 is 10.9 Å². The average molecular weight is 311 g/mol. The predicted molar refractivity (Wildman–Crippen MR) is 80.5 cm³/mol. The first kappa shape index (κ1) is 15.0. The molecule has 3 rings (SSSR count). The van der Waals surface area contributed by atoms with Crippen LogP contribution in [-0.4, -0.2) is 46.8 Å². The fourth-order valence-electron chi connectivity index (χ4n) is 3.05. The van der Waals surface area contributed by atoms with Gasteiger partial charge >= 0.3 is 0 Å². The van der Waals surface area contributed by atoms with E-state index in [4.69, 9.17) is 9.47 Å². The Morgan fingerprint density at radius 2 is 2.33 bits per heavy atom. The number of hydrogen-bond acceptors (Lipinski definition) is 6. The summed E-state index contributed by atoms with van der Waals surface area (Å²) in [4.78, 5) is 18.4. The molecule has 1 saturated carbocycles. The second-order valence-electron chi connectivity index (χ2n) is 5.41. The number of aromatic amines is 1. The highest BCUT2D eigenvalue weighted by Gasteiger charge is 2.45. The molecule has 2 N–H and O–H groups in total. The molecule has 0 bridgehead atoms. The highest BCUT2D eigenvalue weighted by Crippen LogP contribution is 2.41. The van der Waals surface area contributed by atoms with E-state index in [1.165, 1.54) is 6.07 Å². The van der Waals surface area contributed by atoms with Crippen molar-refractivity contribution in [2.45, 2.75) is 48.4 Å². The van der Waals surface area contributed by atoms with Crippen LogP contribution in [0.25, 0.3) is 0 Å². The third kappa shape index (κ3) is 3.48. The van der Waals surface area contributed by atoms with Crippen molar-refractivity contribution in [2.75, 3.05) is 19.8 Å². The maximum absolute atomic E-state index is 11.4. The zero-order valence-corrected chi connectivity index (χ0v) is 12.9. The van der Waals surface area contributed by atoms with E-state index in [0.29, 0.717) is 24.4 Å². The summed E-state index contributed by atoms with van der Waals surface area (Å²) in [5.74, 6) is -0.432. The van der Waals surface area contributed by atoms with Crippen LogP contribution in [0, 0.1) is 0 Å². The van der Waals surface area contributed by atoms with Crippen LogP contribution in [0.15, 0.2) is 22.2 Å². The fraction of sp³-hybridized carbons (Fsp3) is 0.714. The summed E-state index contributed by atoms with van der Waals surface area (Å²) >= 11 is 1.60. The van der Waals surface area contributed by atoms with Gasteiger partial charge in [-0.05, 0) is 13.0 Å². The van der Waals surface area contributed by atoms with E-state index >= 15 is 0 Å². The van der Waals surface area contributed by atoms with Gasteiger partial charge in [-0.25, -0.2) is 4.98 Å². The third-order valence-electron chi connectivity index (χ3n) is 3.99. The Bertz CT molecular complexity index is 530. The second kappa shape index (κ2) is 6.48. The summed E-state index contributed by atoms with van der Waals surface area (Å²) in [6.45, 7) is 4.37. The van der Waals surface area contributed by atoms with Gasteiger partial charge in [0.2, 0.25) is 0 Å². The molecule has 2 aliphatic rings. The first-order valence-corrected chi connectivity index (χ1v) is 8.32. The zero-order chi connectivity index (χ0) is 14.7. The lowest BCUT2D eigenvalue weighted by molar-refractivity contribution is -0.178. The molecular weight excluding hydrogens is 290 g/mol. The van der Waals surface area contributed by atoms with Gasteiger partial charge in [0.05, 0.1) is 13.2 Å². The van der Waals surface area contributed by atoms with Crippen LogP contribution in [0.1, 0.15) is 26.2 Å². The molecule has 6 nitrogen and oxygen atoms in total. The van der Waals surface area contributed by atoms with Gasteiger partial charge < -0.3 is 19.8 Å². The summed E-state index contributed by atoms with van der Waals surface area (Å²) in [5.41, 5.74) is -0.119. The lowest BCUT2D eigenvalue weighted by Crippen LogP contribution is -2.49. The van der Waals surface area contributed by atoms with Gasteiger partial charge in [0, 0.05) is 36.4 Å². The number of nitrogens with zero attached hydrogens (tertiary/aromatic N) is 1. The molecule has 1 aliphatic carbocycles. The van der Waals surface area contributed by atoms with Gasteiger partial charge in [-0.3, -0.25) is 4.79 Å². The fourth-order valence-corrected chi connectivity index (χ4v) is 4.35. The molecule has 0 radical (unpaired) electrons. The Kier molecular flexibility index (Phi) is 4.63. The Morgan fingerprint density at radius 3 is 3.05 bits per heavy atom. The maximum Gasteiger partial charge on any atom is 0.251 e. The van der Waals surface area contributed by atoms with E-state index in [-0.39, 0.29) is 10.8 Å². The number of hydrogen-bond donors (Lipinski definition) is 2. The van der Waals surface area contributed by atoms with Crippen molar-refractivity contribution in [1.82, 2.24) is 15.3 Å². The van der Waals surface area contributed by atoms with Gasteiger partial charge in [-0.15, -0.1) is 0 Å². The quantitative estimate of drug-likeness (QED) is 0.812. The van der Waals surface area contributed by atoms with Gasteiger partial charge in [-0.2, -0.15) is 0 Å². The first-order chi connectivity index (χ1) is 10.2. The molecule has 2 heterocycles. The molecule has 0 aromatic carbocycles. The van der Waals surface area contributed by atoms with Crippen molar-refractivity contribution < 1.29 is 9.47 Å². The van der Waals surface area contributed by atoms with Gasteiger partial charge in [0.1, 0.15) is 0 Å². The van der Waals surface area contributed by atoms with Crippen molar-refractivity contribution in [1.29, 1.82) is 0 Å². The summed E-state index contributed by atoms with van der Waals surface area (Å²) in [6, 6.07) is 1.81. The molecule has 1 aliphatic heterocycles. The normalized spacial score (nSPS) is 28.0. The molecule has 116 valence electrons. The number of ether oxygens (including phenoxy) is 2. The molecule has 2 fully saturated rings. The van der Waals surface area contributed by atoms with E-state index in [1.54, 1.807) is 18.0 Å². The molecule has 0 amide bonds. The smallest absolute Gasteiger partial charge is 0.251 e. The van der Waals surface area contributed by atoms with E-state index in [2.05, 4.69) is 22.2 Å². The van der Waals surface area contributed by atoms with Gasteiger partial charge in [-0.1, -0.05) is 18.7 Å². The number of H-pyrrole nitrogens is 1. The number of nitrogens with one attached hydrogen (secondary N) is 2. The Labute approximate surface area is 128 Å². The predicted octanol–water partition coefficient (Wildman–Crippen LogP) is 1.14. The molecule has 1 saturated heterocycles. The van der Waals surface area contributed by atoms with Gasteiger partial charge in [0.15, 0.2) is 10.9 Å². The van der Waals surface area contributed by atoms with Crippen LogP contribution in [0.4, 0.5) is 0 Å². The van der Waals surface area contributed by atoms with Crippen molar-refractivity contribution in [3.63, 3.8) is 0 Å². The van der Waals surface area contributed by atoms with Gasteiger partial charge in [0.25, 0.3) is 5.56 Å². The summed E-state index contributed by atoms with van der Waals surface area (Å²) in [6.07, 6.45) is 4.28. The SMILES string of the molecule is CCNC1CCC2(CC1Sc1nccc(=O)[nH]1)OCCO2. The minimum atomic E-state index is -0.432. The monoisotopic (exact) mass is 311 g/mol. The van der Waals surface area contributed by atoms with Crippen LogP contribution in [0.3, 0.4) is 0 Å². The van der Waals surface area contributed by atoms with E-state index < -0.39 is 5.79 Å². The number of rotatable bonds is 4. The second-order valence-corrected chi connectivity index (χ2v) is 6.64. The molecular formula is C14H21N3O3S. The zero-order valence-electron chi connectivity index (χ0n) is 12.1. The van der Waals surface area contributed by atoms with Crippen LogP contribution >= 0.6 is 11.8 Å². The summed E-state index contributed by atoms with van der Waals surface area (Å²) in [7, 11) is 0. The van der Waals surface area contributed by atoms with Crippen molar-refractivity contribution in [3.05, 3.63) is 22.6 Å². The standard InChI is InChI=1S/C14H21N3O3S/c1-2-15-10-3-5-14(19-7-8-20-14)9-11(10)21-13-16-6-4-12(18)17-13/h4,6,10-11,15H,2-3,5,7-9H2,1H3,(H,16,17,18). The summed E-state index contributed by atoms with van der Waals surface area (Å²) in [5, 5.41) is 4.45. The highest BCUT2D eigenvalue weighted by molar-refractivity contribution is 7.99. The molecule has 7 heteroatoms. The van der Waals surface area contributed by atoms with E-state index in [1.807, 2.05) is 0 Å². The Morgan fingerprint density at radius 1 is 1.52 bits per heavy atom. The van der Waals surface area contributed by atoms with Crippen molar-refractivity contribution in [3.8, 4) is 0 Å². The Hall–Kier alpha value is -0.890. The maximum atomic E-state index is 11.4. The van der Waals surface area contributed by atoms with Crippen molar-refractivity contribution in [2.24, 2.45) is 0 Å². The van der Waals surface area contributed by atoms with Crippen LogP contribution in [-0.2, 0) is 9.47 Å². The molecule has 2 atom stereocenters. The van der Waals surface area contributed by atoms with Crippen LogP contribution in [0.5, 0.6) is 0 Å². The van der Waals surface area contributed by atoms with E-state index in [0.717, 1.165) is 25.8 Å². The van der Waals surface area contributed by atoms with Crippen molar-refractivity contribution >= 4 is 11.8 Å². The largest absolute Gasteiger partial charge is 0.347 e. The lowest BCUT2D eigenvalue weighted by Gasteiger charge is -2.40. The molecule has 1 spiro atoms. The number of thioether (sulfide) groups is 1. The van der Waals surface area contributed by atoms with Crippen LogP contribution in [0.2, 0.25) is 0 Å². The number of aromatic nitrogens is 2.